The molecule has 4 rings (SSSR count). The molecule has 8 N–H and O–H groups in total. The van der Waals surface area contributed by atoms with Gasteiger partial charge in [0.2, 0.25) is 23.6 Å². The van der Waals surface area contributed by atoms with E-state index in [1.807, 2.05) is 19.1 Å². The number of carbonyl (C=O) groups excluding carboxylic acids is 5. The number of amides is 5. The molecule has 0 aromatic heterocycles. The second kappa shape index (κ2) is 23.6. The van der Waals surface area contributed by atoms with Crippen LogP contribution in [0.4, 0.5) is 8.78 Å². The molecule has 0 unspecified atom stereocenters. The summed E-state index contributed by atoms with van der Waals surface area (Å²) in [6.45, 7) is 8.38. The van der Waals surface area contributed by atoms with Gasteiger partial charge in [-0.15, -0.1) is 0 Å². The molecule has 5 amide bonds. The molecular weight excluding hydrogens is 836 g/mol. The minimum Gasteiger partial charge on any atom is -0.368 e. The number of aryl methyl sites for hydroxylation is 1. The first kappa shape index (κ1) is 50.6. The summed E-state index contributed by atoms with van der Waals surface area (Å²) in [4.78, 5) is 85.3. The Morgan fingerprint density at radius 2 is 1.38 bits per heavy atom. The molecule has 63 heavy (non-hydrogen) atoms. The largest absolute Gasteiger partial charge is 0.399 e. The number of benzene rings is 3. The summed E-state index contributed by atoms with van der Waals surface area (Å²) in [5.41, 5.74) is 2.76. The molecule has 0 bridgehead atoms. The molecule has 6 atom stereocenters. The number of primary amides is 1. The van der Waals surface area contributed by atoms with Crippen molar-refractivity contribution in [3.05, 3.63) is 107 Å². The van der Waals surface area contributed by atoms with Crippen molar-refractivity contribution in [1.29, 1.82) is 0 Å². The van der Waals surface area contributed by atoms with Gasteiger partial charge in [0.25, 0.3) is 5.91 Å². The van der Waals surface area contributed by atoms with Gasteiger partial charge in [-0.3, -0.25) is 28.5 Å². The summed E-state index contributed by atoms with van der Waals surface area (Å²) in [6.07, 6.45) is 4.14. The van der Waals surface area contributed by atoms with Gasteiger partial charge in [-0.2, -0.15) is 8.78 Å². The van der Waals surface area contributed by atoms with Crippen molar-refractivity contribution in [3.63, 3.8) is 0 Å². The molecule has 0 saturated heterocycles. The van der Waals surface area contributed by atoms with Crippen molar-refractivity contribution in [2.75, 3.05) is 13.2 Å². The molecule has 3 aromatic carbocycles. The van der Waals surface area contributed by atoms with Crippen LogP contribution in [0.15, 0.2) is 78.9 Å². The Morgan fingerprint density at radius 1 is 0.810 bits per heavy atom. The van der Waals surface area contributed by atoms with E-state index in [0.717, 1.165) is 55.5 Å². The van der Waals surface area contributed by atoms with Gasteiger partial charge in [-0.1, -0.05) is 101 Å². The van der Waals surface area contributed by atoms with E-state index in [9.17, 15) is 47.1 Å². The fourth-order valence-electron chi connectivity index (χ4n) is 7.74. The fraction of sp³-hybridized carbons (Fsp3) is 0.500. The number of ether oxygens (including phenoxy) is 1. The lowest BCUT2D eigenvalue weighted by atomic mass is 9.75. The van der Waals surface area contributed by atoms with Crippen LogP contribution >= 0.6 is 7.60 Å². The Hall–Kier alpha value is -5.02. The number of rotatable bonds is 23. The van der Waals surface area contributed by atoms with Gasteiger partial charge in [0.05, 0.1) is 6.10 Å². The summed E-state index contributed by atoms with van der Waals surface area (Å²) < 4.78 is 46.6. The second-order valence-electron chi connectivity index (χ2n) is 16.8. The summed E-state index contributed by atoms with van der Waals surface area (Å²) in [7, 11) is -5.87. The van der Waals surface area contributed by atoms with Gasteiger partial charge in [-0.25, -0.2) is 0 Å². The highest BCUT2D eigenvalue weighted by molar-refractivity contribution is 7.52. The van der Waals surface area contributed by atoms with Crippen LogP contribution in [0.3, 0.4) is 0 Å². The molecule has 1 aliphatic rings. The Balaban J connectivity index is 1.50. The van der Waals surface area contributed by atoms with E-state index in [2.05, 4.69) is 42.0 Å². The average molecular weight is 898 g/mol. The lowest BCUT2D eigenvalue weighted by Crippen LogP contribution is -2.57. The van der Waals surface area contributed by atoms with Crippen molar-refractivity contribution in [1.82, 2.24) is 21.3 Å². The zero-order chi connectivity index (χ0) is 46.3. The maximum Gasteiger partial charge on any atom is 0.399 e. The lowest BCUT2D eigenvalue weighted by Gasteiger charge is -2.37. The second-order valence-corrected chi connectivity index (χ2v) is 18.4. The topological polar surface area (TPSA) is 226 Å². The molecular formula is C46H62F2N5O9P. The van der Waals surface area contributed by atoms with Crippen LogP contribution < -0.4 is 27.0 Å². The third-order valence-electron chi connectivity index (χ3n) is 11.6. The van der Waals surface area contributed by atoms with Crippen LogP contribution in [0.5, 0.6) is 0 Å². The van der Waals surface area contributed by atoms with E-state index >= 15 is 0 Å². The molecule has 3 aromatic rings. The van der Waals surface area contributed by atoms with E-state index in [4.69, 9.17) is 10.5 Å². The van der Waals surface area contributed by atoms with Crippen LogP contribution in [0.2, 0.25) is 0 Å². The van der Waals surface area contributed by atoms with E-state index in [1.165, 1.54) is 0 Å². The van der Waals surface area contributed by atoms with Crippen molar-refractivity contribution in [2.45, 2.75) is 115 Å². The summed E-state index contributed by atoms with van der Waals surface area (Å²) >= 11 is 0. The van der Waals surface area contributed by atoms with Gasteiger partial charge >= 0.3 is 13.3 Å². The van der Waals surface area contributed by atoms with Crippen molar-refractivity contribution >= 4 is 37.1 Å². The molecule has 0 spiro atoms. The molecule has 1 fully saturated rings. The quantitative estimate of drug-likeness (QED) is 0.0485. The van der Waals surface area contributed by atoms with Crippen LogP contribution in [0, 0.1) is 17.8 Å². The van der Waals surface area contributed by atoms with Gasteiger partial charge in [0.1, 0.15) is 24.7 Å². The van der Waals surface area contributed by atoms with Gasteiger partial charge < -0.3 is 41.5 Å². The van der Waals surface area contributed by atoms with Crippen molar-refractivity contribution in [3.8, 4) is 0 Å². The number of nitrogens with one attached hydrogen (secondary N) is 4. The van der Waals surface area contributed by atoms with E-state index in [1.54, 1.807) is 42.5 Å². The maximum atomic E-state index is 14.5. The Bertz CT molecular complexity index is 2030. The highest BCUT2D eigenvalue weighted by atomic mass is 31.2. The monoisotopic (exact) mass is 897 g/mol. The molecule has 0 aliphatic heterocycles. The average Bonchev–Trinajstić information content (AvgIpc) is 3.24. The Kier molecular flexibility index (Phi) is 19.0. The number of alkyl halides is 2. The number of unbranched alkanes of at least 4 members (excludes halogenated alkanes) is 1. The summed E-state index contributed by atoms with van der Waals surface area (Å²) in [6, 6.07) is 16.1. The maximum absolute atomic E-state index is 14.5. The van der Waals surface area contributed by atoms with Crippen LogP contribution in [0.1, 0.15) is 98.8 Å². The fourth-order valence-corrected chi connectivity index (χ4v) is 8.22. The molecule has 0 heterocycles. The molecule has 0 radical (unpaired) electrons. The van der Waals surface area contributed by atoms with Crippen LogP contribution in [-0.2, 0) is 53.4 Å². The smallest absolute Gasteiger partial charge is 0.368 e. The van der Waals surface area contributed by atoms with Crippen LogP contribution in [-0.4, -0.2) is 76.7 Å². The normalized spacial score (nSPS) is 18.1. The van der Waals surface area contributed by atoms with Crippen LogP contribution in [0.25, 0.3) is 0 Å². The molecule has 1 saturated carbocycles. The number of nitrogens with two attached hydrogens (primary N) is 1. The van der Waals surface area contributed by atoms with Gasteiger partial charge in [0.15, 0.2) is 0 Å². The van der Waals surface area contributed by atoms with E-state index in [-0.39, 0.29) is 55.9 Å². The first-order valence-corrected chi connectivity index (χ1v) is 23.1. The Labute approximate surface area is 368 Å². The predicted octanol–water partition coefficient (Wildman–Crippen LogP) is 5.28. The summed E-state index contributed by atoms with van der Waals surface area (Å²) in [5.74, 6) is -2.23. The van der Waals surface area contributed by atoms with Crippen molar-refractivity contribution in [2.24, 2.45) is 23.5 Å². The van der Waals surface area contributed by atoms with E-state index in [0.29, 0.717) is 35.8 Å². The zero-order valence-electron chi connectivity index (χ0n) is 36.4. The number of hydrogen-bond donors (Lipinski definition) is 7. The molecule has 1 aliphatic carbocycles. The lowest BCUT2D eigenvalue weighted by molar-refractivity contribution is -0.136. The summed E-state index contributed by atoms with van der Waals surface area (Å²) in [5, 5.41) is 10.8. The number of hydrogen-bond acceptors (Lipinski definition) is 7. The van der Waals surface area contributed by atoms with Crippen molar-refractivity contribution < 1.29 is 51.8 Å². The molecule has 17 heteroatoms. The molecule has 344 valence electrons. The SMILES string of the molecule is CCc1ccc(C(=O)NCCCC[C@H](NC(=O)[C@H](Cc2ccc(C(F)(F)P(=O)(O)O)cc2)NC(=O)[C@H](Cc2ccccc2)NC(=O)CO[C@@H]2C[C@@H](C)CC[C@@H]2C(C)C)C(N)=O)cc1. The van der Waals surface area contributed by atoms with Gasteiger partial charge in [0, 0.05) is 30.5 Å². The predicted molar refractivity (Wildman–Crippen MR) is 234 cm³/mol. The first-order chi connectivity index (χ1) is 29.8. The minimum absolute atomic E-state index is 0.0263. The highest BCUT2D eigenvalue weighted by Gasteiger charge is 2.50. The molecule has 14 nitrogen and oxygen atoms in total. The third-order valence-corrected chi connectivity index (χ3v) is 12.5. The third kappa shape index (κ3) is 15.3. The Morgan fingerprint density at radius 3 is 1.95 bits per heavy atom. The van der Waals surface area contributed by atoms with E-state index < -0.39 is 60.6 Å². The zero-order valence-corrected chi connectivity index (χ0v) is 37.3. The number of carbonyl (C=O) groups is 5. The standard InChI is InChI=1S/C46H62F2N5O9P/c1-5-31-15-19-34(20-16-31)43(56)50-24-10-9-13-37(42(49)55)52-45(58)39(27-33-17-21-35(22-18-33)46(47,48)63(59,60)61)53-44(57)38(26-32-11-7-6-8-12-32)51-41(54)28-62-40-25-30(4)14-23-36(40)29(2)3/h6-8,11-12,15-22,29-30,36-40H,5,9-10,13-14,23-28H2,1-4H3,(H2,49,55)(H,50,56)(H,51,54)(H,52,58)(H,53,57)(H2,59,60,61)/t30-,36+,37-,38-,39-,40+/m0/s1. The first-order valence-electron chi connectivity index (χ1n) is 21.5. The number of halogens is 2. The minimum atomic E-state index is -5.87. The van der Waals surface area contributed by atoms with Gasteiger partial charge in [-0.05, 0) is 85.1 Å². The highest BCUT2D eigenvalue weighted by Crippen LogP contribution is 2.59.